The molecular weight excluding hydrogens is 466 g/mol. The van der Waals surface area contributed by atoms with Crippen molar-refractivity contribution >= 4 is 49.7 Å². The Labute approximate surface area is 184 Å². The summed E-state index contributed by atoms with van der Waals surface area (Å²) in [7, 11) is 0. The minimum atomic E-state index is -1.15. The van der Waals surface area contributed by atoms with E-state index in [4.69, 9.17) is 13.9 Å². The molecule has 158 valence electrons. The Morgan fingerprint density at radius 1 is 1.13 bits per heavy atom. The molecule has 1 amide bonds. The van der Waals surface area contributed by atoms with Gasteiger partial charge in [-0.25, -0.2) is 4.79 Å². The van der Waals surface area contributed by atoms with Crippen LogP contribution in [0.1, 0.15) is 18.1 Å². The van der Waals surface area contributed by atoms with Crippen molar-refractivity contribution in [3.63, 3.8) is 0 Å². The molecule has 0 aliphatic heterocycles. The maximum atomic E-state index is 12.5. The number of carboxylic acids is 1. The van der Waals surface area contributed by atoms with Crippen LogP contribution >= 0.6 is 15.9 Å². The topological polar surface area (TPSA) is 110 Å². The highest BCUT2D eigenvalue weighted by atomic mass is 79.9. The number of benzene rings is 2. The van der Waals surface area contributed by atoms with Crippen LogP contribution in [0.15, 0.2) is 60.8 Å². The second-order valence-corrected chi connectivity index (χ2v) is 8.21. The number of nitrogens with one attached hydrogen (secondary N) is 1. The van der Waals surface area contributed by atoms with Crippen LogP contribution in [-0.2, 0) is 16.0 Å². The third-order valence-electron chi connectivity index (χ3n) is 5.22. The number of rotatable bonds is 5. The zero-order valence-electron chi connectivity index (χ0n) is 16.7. The number of carbonyl (C=O) groups excluding carboxylic acids is 1. The number of amides is 1. The van der Waals surface area contributed by atoms with Crippen LogP contribution in [0, 0.1) is 6.92 Å². The standard InChI is InChI=1S/C23H18BrNO6/c1-11-15-7-17-18(13-3-5-14(24)6-4-13)10-30-19(17)9-20(15)31-23(29)16(11)8-21(26)25-12(2)22(27)28/h3-7,9-10,12H,8H2,1-2H3,(H,25,26)(H,27,28)/t12-/m1/s1. The zero-order chi connectivity index (χ0) is 22.3. The summed E-state index contributed by atoms with van der Waals surface area (Å²) < 4.78 is 12.1. The van der Waals surface area contributed by atoms with Crippen molar-refractivity contribution in [2.24, 2.45) is 0 Å². The number of halogens is 1. The second kappa shape index (κ2) is 8.03. The number of furan rings is 1. The first-order valence-electron chi connectivity index (χ1n) is 9.50. The van der Waals surface area contributed by atoms with Crippen LogP contribution in [0.25, 0.3) is 33.1 Å². The summed E-state index contributed by atoms with van der Waals surface area (Å²) >= 11 is 3.43. The van der Waals surface area contributed by atoms with Crippen LogP contribution < -0.4 is 10.9 Å². The first-order valence-corrected chi connectivity index (χ1v) is 10.3. The van der Waals surface area contributed by atoms with Crippen molar-refractivity contribution in [3.05, 3.63) is 68.7 Å². The van der Waals surface area contributed by atoms with Crippen molar-refractivity contribution < 1.29 is 23.5 Å². The molecule has 1 atom stereocenters. The van der Waals surface area contributed by atoms with Crippen molar-refractivity contribution in [2.45, 2.75) is 26.3 Å². The van der Waals surface area contributed by atoms with E-state index in [0.717, 1.165) is 21.0 Å². The van der Waals surface area contributed by atoms with Gasteiger partial charge in [0.25, 0.3) is 0 Å². The molecular formula is C23H18BrNO6. The number of aryl methyl sites for hydroxylation is 1. The summed E-state index contributed by atoms with van der Waals surface area (Å²) in [5.41, 5.74) is 2.96. The van der Waals surface area contributed by atoms with E-state index in [9.17, 15) is 14.4 Å². The van der Waals surface area contributed by atoms with Crippen LogP contribution in [-0.4, -0.2) is 23.0 Å². The minimum Gasteiger partial charge on any atom is -0.480 e. The molecule has 2 aromatic heterocycles. The third-order valence-corrected chi connectivity index (χ3v) is 5.75. The lowest BCUT2D eigenvalue weighted by Crippen LogP contribution is -2.39. The van der Waals surface area contributed by atoms with Gasteiger partial charge in [0, 0.05) is 26.9 Å². The van der Waals surface area contributed by atoms with Gasteiger partial charge in [0.1, 0.15) is 17.2 Å². The lowest BCUT2D eigenvalue weighted by molar-refractivity contribution is -0.141. The van der Waals surface area contributed by atoms with E-state index in [1.165, 1.54) is 6.92 Å². The lowest BCUT2D eigenvalue weighted by Gasteiger charge is -2.11. The molecule has 2 aromatic carbocycles. The van der Waals surface area contributed by atoms with E-state index in [1.54, 1.807) is 19.3 Å². The second-order valence-electron chi connectivity index (χ2n) is 7.30. The Hall–Kier alpha value is -3.39. The Morgan fingerprint density at radius 2 is 1.84 bits per heavy atom. The van der Waals surface area contributed by atoms with Crippen molar-refractivity contribution in [3.8, 4) is 11.1 Å². The molecule has 8 heteroatoms. The first-order chi connectivity index (χ1) is 14.7. The molecule has 0 aliphatic rings. The van der Waals surface area contributed by atoms with Crippen molar-refractivity contribution in [1.82, 2.24) is 5.32 Å². The molecule has 7 nitrogen and oxygen atoms in total. The third kappa shape index (κ3) is 3.98. The SMILES string of the molecule is Cc1c(CC(=O)N[C@H](C)C(=O)O)c(=O)oc2cc3occ(-c4ccc(Br)cc4)c3cc12. The van der Waals surface area contributed by atoms with Gasteiger partial charge in [-0.1, -0.05) is 28.1 Å². The van der Waals surface area contributed by atoms with E-state index in [-0.39, 0.29) is 12.0 Å². The number of hydrogen-bond donors (Lipinski definition) is 2. The van der Waals surface area contributed by atoms with E-state index in [0.29, 0.717) is 22.1 Å². The van der Waals surface area contributed by atoms with Crippen molar-refractivity contribution in [2.75, 3.05) is 0 Å². The summed E-state index contributed by atoms with van der Waals surface area (Å²) in [5.74, 6) is -1.72. The molecule has 0 bridgehead atoms. The molecule has 2 heterocycles. The lowest BCUT2D eigenvalue weighted by atomic mass is 9.99. The summed E-state index contributed by atoms with van der Waals surface area (Å²) in [4.78, 5) is 35.7. The summed E-state index contributed by atoms with van der Waals surface area (Å²) in [5, 5.41) is 12.8. The fraction of sp³-hybridized carbons (Fsp3) is 0.174. The molecule has 31 heavy (non-hydrogen) atoms. The number of carboxylic acid groups (broad SMARTS) is 1. The Balaban J connectivity index is 1.79. The van der Waals surface area contributed by atoms with E-state index in [2.05, 4.69) is 21.2 Å². The highest BCUT2D eigenvalue weighted by molar-refractivity contribution is 9.10. The molecule has 4 rings (SSSR count). The van der Waals surface area contributed by atoms with Crippen LogP contribution in [0.3, 0.4) is 0 Å². The molecule has 0 aliphatic carbocycles. The molecule has 0 saturated heterocycles. The smallest absolute Gasteiger partial charge is 0.340 e. The van der Waals surface area contributed by atoms with Gasteiger partial charge in [-0.15, -0.1) is 0 Å². The van der Waals surface area contributed by atoms with Crippen LogP contribution in [0.2, 0.25) is 0 Å². The quantitative estimate of drug-likeness (QED) is 0.406. The summed E-state index contributed by atoms with van der Waals surface area (Å²) in [6.07, 6.45) is 1.38. The predicted octanol–water partition coefficient (Wildman–Crippen LogP) is 4.41. The number of hydrogen-bond acceptors (Lipinski definition) is 5. The van der Waals surface area contributed by atoms with Gasteiger partial charge in [0.05, 0.1) is 18.2 Å². The molecule has 2 N–H and O–H groups in total. The average molecular weight is 484 g/mol. The maximum absolute atomic E-state index is 12.5. The van der Waals surface area contributed by atoms with Gasteiger partial charge in [0.2, 0.25) is 5.91 Å². The van der Waals surface area contributed by atoms with Gasteiger partial charge in [-0.05, 0) is 43.2 Å². The Morgan fingerprint density at radius 3 is 2.52 bits per heavy atom. The fourth-order valence-corrected chi connectivity index (χ4v) is 3.75. The zero-order valence-corrected chi connectivity index (χ0v) is 18.3. The predicted molar refractivity (Wildman–Crippen MR) is 119 cm³/mol. The van der Waals surface area contributed by atoms with E-state index in [1.807, 2.05) is 30.3 Å². The van der Waals surface area contributed by atoms with Gasteiger partial charge in [0.15, 0.2) is 0 Å². The molecule has 0 fully saturated rings. The molecule has 0 radical (unpaired) electrons. The van der Waals surface area contributed by atoms with Crippen LogP contribution in [0.5, 0.6) is 0 Å². The summed E-state index contributed by atoms with van der Waals surface area (Å²) in [6.45, 7) is 3.10. The average Bonchev–Trinajstić information content (AvgIpc) is 3.13. The van der Waals surface area contributed by atoms with Gasteiger partial charge in [-0.2, -0.15) is 0 Å². The summed E-state index contributed by atoms with van der Waals surface area (Å²) in [6, 6.07) is 10.3. The van der Waals surface area contributed by atoms with E-state index < -0.39 is 23.5 Å². The maximum Gasteiger partial charge on any atom is 0.340 e. The molecule has 0 unspecified atom stereocenters. The van der Waals surface area contributed by atoms with Gasteiger partial charge >= 0.3 is 11.6 Å². The highest BCUT2D eigenvalue weighted by Gasteiger charge is 2.20. The Kier molecular flexibility index (Phi) is 5.41. The minimum absolute atomic E-state index is 0.190. The first kappa shape index (κ1) is 20.9. The highest BCUT2D eigenvalue weighted by Crippen LogP contribution is 2.35. The van der Waals surface area contributed by atoms with Gasteiger partial charge in [-0.3, -0.25) is 9.59 Å². The normalized spacial score (nSPS) is 12.2. The molecule has 0 spiro atoms. The fourth-order valence-electron chi connectivity index (χ4n) is 3.48. The van der Waals surface area contributed by atoms with Crippen LogP contribution in [0.4, 0.5) is 0 Å². The van der Waals surface area contributed by atoms with Gasteiger partial charge < -0.3 is 19.3 Å². The molecule has 0 saturated carbocycles. The van der Waals surface area contributed by atoms with E-state index >= 15 is 0 Å². The molecule has 4 aromatic rings. The number of aliphatic carboxylic acids is 1. The largest absolute Gasteiger partial charge is 0.480 e. The Bertz CT molecular complexity index is 1380. The number of fused-ring (bicyclic) bond motifs is 2. The van der Waals surface area contributed by atoms with Crippen molar-refractivity contribution in [1.29, 1.82) is 0 Å². The number of carbonyl (C=O) groups is 2. The monoisotopic (exact) mass is 483 g/mol.